The van der Waals surface area contributed by atoms with Crippen molar-refractivity contribution < 1.29 is 9.13 Å². The van der Waals surface area contributed by atoms with Crippen LogP contribution in [0.1, 0.15) is 5.01 Å². The maximum absolute atomic E-state index is 13.4. The molecule has 1 heterocycles. The topological polar surface area (TPSA) is 35.0 Å². The largest absolute Gasteiger partial charge is 0.483 e. The standard InChI is InChI=1S/C9H5Cl2FN2OS/c10-5-2-1-3-6(8(5)12)15-4-7-13-14-9(11)16-7/h1-3H,4H2. The Morgan fingerprint density at radius 2 is 2.12 bits per heavy atom. The first-order valence-electron chi connectivity index (χ1n) is 4.21. The third-order valence-electron chi connectivity index (χ3n) is 1.71. The second-order valence-corrected chi connectivity index (χ2v) is 4.84. The number of halogens is 3. The number of ether oxygens (including phenoxy) is 1. The van der Waals surface area contributed by atoms with E-state index in [0.29, 0.717) is 9.47 Å². The summed E-state index contributed by atoms with van der Waals surface area (Å²) in [6.45, 7) is 0.113. The maximum Gasteiger partial charge on any atom is 0.207 e. The maximum atomic E-state index is 13.4. The van der Waals surface area contributed by atoms with Gasteiger partial charge in [0.15, 0.2) is 16.6 Å². The van der Waals surface area contributed by atoms with Crippen LogP contribution in [0.15, 0.2) is 18.2 Å². The average Bonchev–Trinajstić information content (AvgIpc) is 2.67. The van der Waals surface area contributed by atoms with Crippen molar-refractivity contribution >= 4 is 34.5 Å². The van der Waals surface area contributed by atoms with Gasteiger partial charge in [-0.3, -0.25) is 0 Å². The summed E-state index contributed by atoms with van der Waals surface area (Å²) in [5, 5.41) is 7.94. The minimum atomic E-state index is -0.584. The monoisotopic (exact) mass is 278 g/mol. The molecule has 1 aromatic heterocycles. The molecule has 3 nitrogen and oxygen atoms in total. The lowest BCUT2D eigenvalue weighted by Crippen LogP contribution is -1.97. The van der Waals surface area contributed by atoms with E-state index in [1.54, 1.807) is 6.07 Å². The molecule has 0 radical (unpaired) electrons. The van der Waals surface area contributed by atoms with Crippen LogP contribution in [0.25, 0.3) is 0 Å². The first-order valence-corrected chi connectivity index (χ1v) is 5.79. The fraction of sp³-hybridized carbons (Fsp3) is 0.111. The average molecular weight is 279 g/mol. The first kappa shape index (κ1) is 11.6. The van der Waals surface area contributed by atoms with Crippen molar-refractivity contribution in [2.24, 2.45) is 0 Å². The second-order valence-electron chi connectivity index (χ2n) is 2.79. The number of hydrogen-bond acceptors (Lipinski definition) is 4. The second kappa shape index (κ2) is 4.95. The molecule has 7 heteroatoms. The summed E-state index contributed by atoms with van der Waals surface area (Å²) in [6, 6.07) is 4.54. The molecule has 0 aliphatic carbocycles. The third-order valence-corrected chi connectivity index (χ3v) is 2.99. The van der Waals surface area contributed by atoms with Crippen LogP contribution in [0.3, 0.4) is 0 Å². The van der Waals surface area contributed by atoms with Gasteiger partial charge in [0.1, 0.15) is 6.61 Å². The molecule has 1 aromatic carbocycles. The van der Waals surface area contributed by atoms with Gasteiger partial charge in [-0.05, 0) is 23.7 Å². The molecular formula is C9H5Cl2FN2OS. The Morgan fingerprint density at radius 1 is 1.31 bits per heavy atom. The molecule has 0 bridgehead atoms. The molecule has 0 aliphatic heterocycles. The van der Waals surface area contributed by atoms with Crippen molar-refractivity contribution in [1.82, 2.24) is 10.2 Å². The zero-order valence-electron chi connectivity index (χ0n) is 7.78. The summed E-state index contributed by atoms with van der Waals surface area (Å²) in [5.74, 6) is -0.501. The van der Waals surface area contributed by atoms with Crippen LogP contribution in [0.4, 0.5) is 4.39 Å². The third kappa shape index (κ3) is 2.61. The Balaban J connectivity index is 2.07. The van der Waals surface area contributed by atoms with E-state index >= 15 is 0 Å². The molecule has 0 saturated carbocycles. The normalized spacial score (nSPS) is 10.4. The van der Waals surface area contributed by atoms with Crippen molar-refractivity contribution in [1.29, 1.82) is 0 Å². The number of nitrogens with zero attached hydrogens (tertiary/aromatic N) is 2. The Kier molecular flexibility index (Phi) is 3.58. The van der Waals surface area contributed by atoms with Crippen molar-refractivity contribution in [2.45, 2.75) is 6.61 Å². The SMILES string of the molecule is Fc1c(Cl)cccc1OCc1nnc(Cl)s1. The van der Waals surface area contributed by atoms with E-state index in [4.69, 9.17) is 27.9 Å². The van der Waals surface area contributed by atoms with Crippen molar-refractivity contribution in [3.63, 3.8) is 0 Å². The highest BCUT2D eigenvalue weighted by Crippen LogP contribution is 2.25. The van der Waals surface area contributed by atoms with E-state index in [2.05, 4.69) is 10.2 Å². The fourth-order valence-corrected chi connectivity index (χ4v) is 1.97. The molecule has 0 atom stereocenters. The van der Waals surface area contributed by atoms with Gasteiger partial charge in [0.25, 0.3) is 0 Å². The highest BCUT2D eigenvalue weighted by atomic mass is 35.5. The molecule has 2 aromatic rings. The van der Waals surface area contributed by atoms with Gasteiger partial charge in [-0.1, -0.05) is 29.0 Å². The minimum Gasteiger partial charge on any atom is -0.483 e. The highest BCUT2D eigenvalue weighted by Gasteiger charge is 2.09. The Bertz CT molecular complexity index is 506. The lowest BCUT2D eigenvalue weighted by Gasteiger charge is -2.05. The van der Waals surface area contributed by atoms with Gasteiger partial charge in [-0.25, -0.2) is 4.39 Å². The number of hydrogen-bond donors (Lipinski definition) is 0. The van der Waals surface area contributed by atoms with E-state index < -0.39 is 5.82 Å². The van der Waals surface area contributed by atoms with Gasteiger partial charge >= 0.3 is 0 Å². The fourth-order valence-electron chi connectivity index (χ4n) is 1.03. The van der Waals surface area contributed by atoms with Crippen LogP contribution >= 0.6 is 34.5 Å². The summed E-state index contributed by atoms with van der Waals surface area (Å²) in [6.07, 6.45) is 0. The highest BCUT2D eigenvalue weighted by molar-refractivity contribution is 7.15. The summed E-state index contributed by atoms with van der Waals surface area (Å²) < 4.78 is 18.9. The van der Waals surface area contributed by atoms with Crippen molar-refractivity contribution in [3.05, 3.63) is 38.5 Å². The molecule has 0 saturated heterocycles. The van der Waals surface area contributed by atoms with Crippen molar-refractivity contribution in [2.75, 3.05) is 0 Å². The molecule has 0 N–H and O–H groups in total. The predicted molar refractivity (Wildman–Crippen MR) is 60.7 cm³/mol. The molecule has 2 rings (SSSR count). The lowest BCUT2D eigenvalue weighted by atomic mass is 10.3. The quantitative estimate of drug-likeness (QED) is 0.861. The van der Waals surface area contributed by atoms with Gasteiger partial charge < -0.3 is 4.74 Å². The Morgan fingerprint density at radius 3 is 2.81 bits per heavy atom. The van der Waals surface area contributed by atoms with Crippen LogP contribution in [0.5, 0.6) is 5.75 Å². The van der Waals surface area contributed by atoms with Crippen LogP contribution in [0, 0.1) is 5.82 Å². The Labute approximate surface area is 105 Å². The summed E-state index contributed by atoms with van der Waals surface area (Å²) in [7, 11) is 0. The zero-order valence-corrected chi connectivity index (χ0v) is 10.1. The predicted octanol–water partition coefficient (Wildman–Crippen LogP) is 3.56. The lowest BCUT2D eigenvalue weighted by molar-refractivity contribution is 0.289. The molecule has 0 aliphatic rings. The molecular weight excluding hydrogens is 274 g/mol. The molecule has 0 amide bonds. The molecule has 0 unspecified atom stereocenters. The smallest absolute Gasteiger partial charge is 0.207 e. The van der Waals surface area contributed by atoms with Gasteiger partial charge in [0, 0.05) is 0 Å². The summed E-state index contributed by atoms with van der Waals surface area (Å²) in [5.41, 5.74) is 0. The van der Waals surface area contributed by atoms with E-state index in [1.807, 2.05) is 0 Å². The Hall–Kier alpha value is -0.910. The van der Waals surface area contributed by atoms with Crippen LogP contribution in [-0.4, -0.2) is 10.2 Å². The van der Waals surface area contributed by atoms with Gasteiger partial charge in [-0.15, -0.1) is 10.2 Å². The first-order chi connectivity index (χ1) is 7.66. The van der Waals surface area contributed by atoms with Gasteiger partial charge in [0.2, 0.25) is 4.47 Å². The molecule has 16 heavy (non-hydrogen) atoms. The summed E-state index contributed by atoms with van der Waals surface area (Å²) in [4.78, 5) is 0. The van der Waals surface area contributed by atoms with Crippen LogP contribution in [-0.2, 0) is 6.61 Å². The molecule has 0 spiro atoms. The molecule has 84 valence electrons. The van der Waals surface area contributed by atoms with E-state index in [9.17, 15) is 4.39 Å². The van der Waals surface area contributed by atoms with Gasteiger partial charge in [-0.2, -0.15) is 0 Å². The van der Waals surface area contributed by atoms with Crippen LogP contribution in [0.2, 0.25) is 9.49 Å². The summed E-state index contributed by atoms with van der Waals surface area (Å²) >= 11 is 12.4. The number of benzene rings is 1. The van der Waals surface area contributed by atoms with E-state index in [1.165, 1.54) is 23.5 Å². The van der Waals surface area contributed by atoms with E-state index in [-0.39, 0.29) is 17.4 Å². The molecule has 0 fully saturated rings. The van der Waals surface area contributed by atoms with Crippen molar-refractivity contribution in [3.8, 4) is 5.75 Å². The zero-order chi connectivity index (χ0) is 11.5. The van der Waals surface area contributed by atoms with E-state index in [0.717, 1.165) is 0 Å². The van der Waals surface area contributed by atoms with Crippen LogP contribution < -0.4 is 4.74 Å². The number of rotatable bonds is 3. The van der Waals surface area contributed by atoms with Gasteiger partial charge in [0.05, 0.1) is 5.02 Å². The number of aromatic nitrogens is 2. The minimum absolute atomic E-state index is 0.0211.